The Balaban J connectivity index is 1.65. The van der Waals surface area contributed by atoms with Gasteiger partial charge in [0.1, 0.15) is 18.2 Å². The van der Waals surface area contributed by atoms with Crippen LogP contribution in [0.3, 0.4) is 0 Å². The summed E-state index contributed by atoms with van der Waals surface area (Å²) < 4.78 is 38.5. The van der Waals surface area contributed by atoms with Gasteiger partial charge in [-0.25, -0.2) is 8.78 Å². The Hall–Kier alpha value is -3.45. The Morgan fingerprint density at radius 2 is 1.68 bits per heavy atom. The number of nitrogens with two attached hydrogens (primary N) is 1. The highest BCUT2D eigenvalue weighted by Crippen LogP contribution is 2.29. The fourth-order valence-corrected chi connectivity index (χ4v) is 3.13. The number of ether oxygens (including phenoxy) is 2. The summed E-state index contributed by atoms with van der Waals surface area (Å²) in [6.07, 6.45) is 0.475. The molecule has 0 radical (unpaired) electrons. The van der Waals surface area contributed by atoms with E-state index in [9.17, 15) is 13.6 Å². The van der Waals surface area contributed by atoms with Gasteiger partial charge in [-0.05, 0) is 41.8 Å². The minimum absolute atomic E-state index is 0.152. The third kappa shape index (κ3) is 6.02. The minimum atomic E-state index is -0.671. The van der Waals surface area contributed by atoms with Crippen molar-refractivity contribution in [3.05, 3.63) is 95.1 Å². The lowest BCUT2D eigenvalue weighted by Gasteiger charge is -2.17. The number of primary amides is 1. The second-order valence-corrected chi connectivity index (χ2v) is 7.00. The molecule has 0 aliphatic rings. The zero-order chi connectivity index (χ0) is 22.2. The van der Waals surface area contributed by atoms with Crippen LogP contribution in [0.25, 0.3) is 0 Å². The number of hydrogen-bond acceptors (Lipinski definition) is 4. The lowest BCUT2D eigenvalue weighted by Crippen LogP contribution is -2.42. The van der Waals surface area contributed by atoms with Crippen LogP contribution in [0.2, 0.25) is 0 Å². The fraction of sp³-hybridized carbons (Fsp3) is 0.208. The molecule has 3 N–H and O–H groups in total. The average molecular weight is 426 g/mol. The average Bonchev–Trinajstić information content (AvgIpc) is 2.77. The molecule has 3 rings (SSSR count). The molecule has 0 aromatic heterocycles. The molecule has 162 valence electrons. The van der Waals surface area contributed by atoms with Gasteiger partial charge in [0.2, 0.25) is 5.91 Å². The van der Waals surface area contributed by atoms with E-state index in [0.29, 0.717) is 24.5 Å². The SMILES string of the molecule is COc1cc(CN[C@@H](Cc2ccccc2)C(N)=O)ccc1OCc1c(F)cccc1F. The molecule has 0 unspecified atom stereocenters. The van der Waals surface area contributed by atoms with E-state index in [1.807, 2.05) is 30.3 Å². The molecule has 1 atom stereocenters. The number of carbonyl (C=O) groups excluding carboxylic acids is 1. The lowest BCUT2D eigenvalue weighted by molar-refractivity contribution is -0.120. The number of halogens is 2. The number of benzene rings is 3. The molecule has 0 heterocycles. The zero-order valence-corrected chi connectivity index (χ0v) is 17.1. The summed E-state index contributed by atoms with van der Waals surface area (Å²) in [4.78, 5) is 11.8. The van der Waals surface area contributed by atoms with Gasteiger partial charge in [-0.3, -0.25) is 4.79 Å². The van der Waals surface area contributed by atoms with Crippen molar-refractivity contribution in [2.75, 3.05) is 7.11 Å². The Morgan fingerprint density at radius 1 is 0.968 bits per heavy atom. The van der Waals surface area contributed by atoms with Crippen molar-refractivity contribution in [3.8, 4) is 11.5 Å². The minimum Gasteiger partial charge on any atom is -0.493 e. The first-order chi connectivity index (χ1) is 15.0. The van der Waals surface area contributed by atoms with E-state index in [1.165, 1.54) is 25.3 Å². The number of amides is 1. The van der Waals surface area contributed by atoms with Crippen molar-refractivity contribution in [3.63, 3.8) is 0 Å². The van der Waals surface area contributed by atoms with E-state index in [1.54, 1.807) is 18.2 Å². The number of hydrogen-bond donors (Lipinski definition) is 2. The van der Waals surface area contributed by atoms with E-state index < -0.39 is 23.6 Å². The molecule has 0 fully saturated rings. The molecule has 1 amide bonds. The van der Waals surface area contributed by atoms with Gasteiger partial charge < -0.3 is 20.5 Å². The molecule has 7 heteroatoms. The standard InChI is InChI=1S/C24H24F2N2O3/c1-30-23-13-17(14-28-21(24(27)29)12-16-6-3-2-4-7-16)10-11-22(23)31-15-18-19(25)8-5-9-20(18)26/h2-11,13,21,28H,12,14-15H2,1H3,(H2,27,29)/t21-/m0/s1. The molecule has 5 nitrogen and oxygen atoms in total. The van der Waals surface area contributed by atoms with Crippen LogP contribution in [0.4, 0.5) is 8.78 Å². The van der Waals surface area contributed by atoms with Crippen LogP contribution in [-0.4, -0.2) is 19.1 Å². The summed E-state index contributed by atoms with van der Waals surface area (Å²) >= 11 is 0. The van der Waals surface area contributed by atoms with Gasteiger partial charge in [0, 0.05) is 6.54 Å². The molecule has 3 aromatic rings. The quantitative estimate of drug-likeness (QED) is 0.518. The van der Waals surface area contributed by atoms with Crippen molar-refractivity contribution in [1.29, 1.82) is 0 Å². The predicted molar refractivity (Wildman–Crippen MR) is 114 cm³/mol. The van der Waals surface area contributed by atoms with E-state index in [0.717, 1.165) is 11.1 Å². The Kier molecular flexibility index (Phi) is 7.56. The molecule has 0 aliphatic heterocycles. The van der Waals surface area contributed by atoms with Gasteiger partial charge in [-0.1, -0.05) is 42.5 Å². The van der Waals surface area contributed by atoms with Crippen LogP contribution in [-0.2, 0) is 24.4 Å². The Morgan fingerprint density at radius 3 is 2.32 bits per heavy atom. The second kappa shape index (κ2) is 10.5. The zero-order valence-electron chi connectivity index (χ0n) is 17.1. The smallest absolute Gasteiger partial charge is 0.234 e. The fourth-order valence-electron chi connectivity index (χ4n) is 3.13. The van der Waals surface area contributed by atoms with Gasteiger partial charge >= 0.3 is 0 Å². The second-order valence-electron chi connectivity index (χ2n) is 7.00. The monoisotopic (exact) mass is 426 g/mol. The maximum absolute atomic E-state index is 13.8. The van der Waals surface area contributed by atoms with Crippen molar-refractivity contribution >= 4 is 5.91 Å². The third-order valence-corrected chi connectivity index (χ3v) is 4.84. The largest absolute Gasteiger partial charge is 0.493 e. The summed E-state index contributed by atoms with van der Waals surface area (Å²) in [5, 5.41) is 3.16. The molecule has 0 spiro atoms. The normalized spacial score (nSPS) is 11.7. The molecule has 0 saturated heterocycles. The van der Waals surface area contributed by atoms with Crippen molar-refractivity contribution in [2.24, 2.45) is 5.73 Å². The topological polar surface area (TPSA) is 73.6 Å². The van der Waals surface area contributed by atoms with Gasteiger partial charge in [0.15, 0.2) is 11.5 Å². The Labute approximate surface area is 179 Å². The third-order valence-electron chi connectivity index (χ3n) is 4.84. The highest BCUT2D eigenvalue weighted by atomic mass is 19.1. The summed E-state index contributed by atoms with van der Waals surface area (Å²) in [5.41, 5.74) is 7.22. The van der Waals surface area contributed by atoms with Crippen LogP contribution >= 0.6 is 0 Å². The van der Waals surface area contributed by atoms with Gasteiger partial charge in [-0.2, -0.15) is 0 Å². The number of methoxy groups -OCH3 is 1. The molecule has 0 aliphatic carbocycles. The van der Waals surface area contributed by atoms with Gasteiger partial charge in [-0.15, -0.1) is 0 Å². The highest BCUT2D eigenvalue weighted by Gasteiger charge is 2.16. The van der Waals surface area contributed by atoms with Crippen LogP contribution in [0.1, 0.15) is 16.7 Å². The first-order valence-corrected chi connectivity index (χ1v) is 9.77. The van der Waals surface area contributed by atoms with Crippen LogP contribution in [0, 0.1) is 11.6 Å². The van der Waals surface area contributed by atoms with E-state index in [4.69, 9.17) is 15.2 Å². The molecular formula is C24H24F2N2O3. The molecule has 3 aromatic carbocycles. The number of nitrogens with one attached hydrogen (secondary N) is 1. The van der Waals surface area contributed by atoms with Crippen LogP contribution < -0.4 is 20.5 Å². The molecular weight excluding hydrogens is 402 g/mol. The Bertz CT molecular complexity index is 1010. The predicted octanol–water partition coefficient (Wildman–Crippen LogP) is 3.74. The maximum atomic E-state index is 13.8. The molecule has 0 bridgehead atoms. The van der Waals surface area contributed by atoms with E-state index in [-0.39, 0.29) is 12.2 Å². The number of carbonyl (C=O) groups is 1. The maximum Gasteiger partial charge on any atom is 0.234 e. The summed E-state index contributed by atoms with van der Waals surface area (Å²) in [7, 11) is 1.48. The van der Waals surface area contributed by atoms with Gasteiger partial charge in [0.25, 0.3) is 0 Å². The van der Waals surface area contributed by atoms with Crippen LogP contribution in [0.5, 0.6) is 11.5 Å². The van der Waals surface area contributed by atoms with Crippen molar-refractivity contribution in [1.82, 2.24) is 5.32 Å². The highest BCUT2D eigenvalue weighted by molar-refractivity contribution is 5.80. The van der Waals surface area contributed by atoms with Crippen molar-refractivity contribution in [2.45, 2.75) is 25.6 Å². The van der Waals surface area contributed by atoms with E-state index in [2.05, 4.69) is 5.32 Å². The molecule has 0 saturated carbocycles. The van der Waals surface area contributed by atoms with E-state index >= 15 is 0 Å². The van der Waals surface area contributed by atoms with Crippen molar-refractivity contribution < 1.29 is 23.0 Å². The lowest BCUT2D eigenvalue weighted by atomic mass is 10.1. The number of rotatable bonds is 10. The summed E-state index contributed by atoms with van der Waals surface area (Å²) in [5.74, 6) is -1.02. The summed E-state index contributed by atoms with van der Waals surface area (Å²) in [6, 6.07) is 17.9. The molecule has 31 heavy (non-hydrogen) atoms. The summed E-state index contributed by atoms with van der Waals surface area (Å²) in [6.45, 7) is 0.103. The van der Waals surface area contributed by atoms with Gasteiger partial charge in [0.05, 0.1) is 18.7 Å². The first-order valence-electron chi connectivity index (χ1n) is 9.77. The van der Waals surface area contributed by atoms with Crippen LogP contribution in [0.15, 0.2) is 66.7 Å². The first kappa shape index (κ1) is 22.2.